The van der Waals surface area contributed by atoms with E-state index in [1.807, 2.05) is 24.3 Å². The Morgan fingerprint density at radius 1 is 1.16 bits per heavy atom. The molecule has 2 heterocycles. The number of nitrogens with zero attached hydrogens (tertiary/aromatic N) is 2. The van der Waals surface area contributed by atoms with E-state index in [-0.39, 0.29) is 17.3 Å². The molecule has 0 unspecified atom stereocenters. The summed E-state index contributed by atoms with van der Waals surface area (Å²) in [7, 11) is 1.61. The molecule has 4 rings (SSSR count). The number of allylic oxidation sites excluding steroid dienone is 1. The summed E-state index contributed by atoms with van der Waals surface area (Å²) in [5.41, 5.74) is 3.59. The second-order valence-electron chi connectivity index (χ2n) is 8.77. The largest absolute Gasteiger partial charge is 0.497 e. The van der Waals surface area contributed by atoms with Crippen molar-refractivity contribution >= 4 is 17.4 Å². The first-order chi connectivity index (χ1) is 14.9. The second kappa shape index (κ2) is 8.71. The Labute approximate surface area is 183 Å². The van der Waals surface area contributed by atoms with Gasteiger partial charge in [0.15, 0.2) is 0 Å². The molecule has 31 heavy (non-hydrogen) atoms. The Hall–Kier alpha value is -2.86. The summed E-state index contributed by atoms with van der Waals surface area (Å²) in [5.74, 6) is 0.487. The average Bonchev–Trinajstić information content (AvgIpc) is 3.07. The molecule has 164 valence electrons. The number of ether oxygens (including phenoxy) is 1. The molecule has 1 fully saturated rings. The number of nitrogens with one attached hydrogen (secondary N) is 1. The highest BCUT2D eigenvalue weighted by atomic mass is 19.1. The molecule has 0 aromatic heterocycles. The Bertz CT molecular complexity index is 975. The molecule has 6 heteroatoms. The van der Waals surface area contributed by atoms with E-state index in [1.54, 1.807) is 24.1 Å². The van der Waals surface area contributed by atoms with Gasteiger partial charge in [0, 0.05) is 29.9 Å². The van der Waals surface area contributed by atoms with E-state index in [0.717, 1.165) is 49.5 Å². The van der Waals surface area contributed by atoms with Gasteiger partial charge in [0.05, 0.1) is 7.11 Å². The number of halogens is 1. The van der Waals surface area contributed by atoms with Crippen LogP contribution in [0, 0.1) is 5.82 Å². The fraction of sp³-hybridized carbons (Fsp3) is 0.400. The smallest absolute Gasteiger partial charge is 0.326 e. The van der Waals surface area contributed by atoms with Crippen molar-refractivity contribution in [2.45, 2.75) is 32.1 Å². The number of urea groups is 1. The van der Waals surface area contributed by atoms with Gasteiger partial charge in [0.25, 0.3) is 0 Å². The number of likely N-dealkylation sites (tertiary alicyclic amines) is 1. The van der Waals surface area contributed by atoms with Crippen molar-refractivity contribution in [1.82, 2.24) is 4.90 Å². The molecule has 0 aliphatic carbocycles. The zero-order valence-corrected chi connectivity index (χ0v) is 18.5. The monoisotopic (exact) mass is 423 g/mol. The van der Waals surface area contributed by atoms with Gasteiger partial charge in [-0.1, -0.05) is 11.6 Å². The van der Waals surface area contributed by atoms with Crippen LogP contribution >= 0.6 is 0 Å². The van der Waals surface area contributed by atoms with E-state index >= 15 is 0 Å². The van der Waals surface area contributed by atoms with Crippen LogP contribution in [0.5, 0.6) is 5.75 Å². The van der Waals surface area contributed by atoms with Crippen LogP contribution in [0.1, 0.15) is 32.3 Å². The van der Waals surface area contributed by atoms with Crippen molar-refractivity contribution in [1.29, 1.82) is 0 Å². The van der Waals surface area contributed by atoms with Crippen molar-refractivity contribution in [2.75, 3.05) is 43.5 Å². The lowest BCUT2D eigenvalue weighted by Gasteiger charge is -2.39. The summed E-state index contributed by atoms with van der Waals surface area (Å²) in [6.07, 6.45) is 4.06. The summed E-state index contributed by atoms with van der Waals surface area (Å²) >= 11 is 0. The number of hydrogen-bond acceptors (Lipinski definition) is 3. The van der Waals surface area contributed by atoms with E-state index in [4.69, 9.17) is 4.74 Å². The SMILES string of the molecule is COc1ccc(NC(=O)N2CC3(CCN(CC=C(C)C)CC3)c3cc(F)ccc32)cc1. The van der Waals surface area contributed by atoms with Gasteiger partial charge in [-0.2, -0.15) is 0 Å². The minimum atomic E-state index is -0.248. The van der Waals surface area contributed by atoms with Gasteiger partial charge in [-0.25, -0.2) is 9.18 Å². The Kier molecular flexibility index (Phi) is 6.01. The van der Waals surface area contributed by atoms with Gasteiger partial charge in [-0.15, -0.1) is 0 Å². The van der Waals surface area contributed by atoms with Gasteiger partial charge in [0.2, 0.25) is 0 Å². The molecule has 0 bridgehead atoms. The molecule has 1 spiro atoms. The Morgan fingerprint density at radius 3 is 2.52 bits per heavy atom. The lowest BCUT2D eigenvalue weighted by atomic mass is 9.74. The maximum Gasteiger partial charge on any atom is 0.326 e. The summed E-state index contributed by atoms with van der Waals surface area (Å²) in [5, 5.41) is 2.97. The number of hydrogen-bond donors (Lipinski definition) is 1. The molecule has 5 nitrogen and oxygen atoms in total. The van der Waals surface area contributed by atoms with Crippen LogP contribution in [0.2, 0.25) is 0 Å². The van der Waals surface area contributed by atoms with Crippen LogP contribution in [0.3, 0.4) is 0 Å². The fourth-order valence-electron chi connectivity index (χ4n) is 4.59. The van der Waals surface area contributed by atoms with E-state index in [0.29, 0.717) is 12.2 Å². The topological polar surface area (TPSA) is 44.8 Å². The number of carbonyl (C=O) groups excluding carboxylic acids is 1. The third-order valence-corrected chi connectivity index (χ3v) is 6.44. The number of rotatable bonds is 4. The Balaban J connectivity index is 1.53. The van der Waals surface area contributed by atoms with Crippen LogP contribution in [-0.2, 0) is 5.41 Å². The first kappa shape index (κ1) is 21.4. The molecule has 2 aliphatic rings. The zero-order valence-electron chi connectivity index (χ0n) is 18.5. The van der Waals surface area contributed by atoms with Gasteiger partial charge >= 0.3 is 6.03 Å². The highest BCUT2D eigenvalue weighted by Gasteiger charge is 2.46. The summed E-state index contributed by atoms with van der Waals surface area (Å²) < 4.78 is 19.4. The average molecular weight is 424 g/mol. The minimum absolute atomic E-state index is 0.193. The van der Waals surface area contributed by atoms with Gasteiger partial charge in [-0.05, 0) is 87.8 Å². The summed E-state index contributed by atoms with van der Waals surface area (Å²) in [4.78, 5) is 17.4. The molecule has 2 aromatic rings. The van der Waals surface area contributed by atoms with Crippen LogP contribution in [0.25, 0.3) is 0 Å². The van der Waals surface area contributed by atoms with Gasteiger partial charge in [-0.3, -0.25) is 9.80 Å². The number of anilines is 2. The number of amides is 2. The van der Waals surface area contributed by atoms with Crippen molar-refractivity contribution < 1.29 is 13.9 Å². The quantitative estimate of drug-likeness (QED) is 0.689. The van der Waals surface area contributed by atoms with Gasteiger partial charge < -0.3 is 10.1 Å². The van der Waals surface area contributed by atoms with Crippen LogP contribution in [0.4, 0.5) is 20.6 Å². The number of carbonyl (C=O) groups is 1. The third kappa shape index (κ3) is 4.44. The lowest BCUT2D eigenvalue weighted by Crippen LogP contribution is -2.46. The highest BCUT2D eigenvalue weighted by molar-refractivity contribution is 6.03. The molecule has 1 saturated heterocycles. The molecule has 1 N–H and O–H groups in total. The van der Waals surface area contributed by atoms with E-state index in [2.05, 4.69) is 30.1 Å². The van der Waals surface area contributed by atoms with E-state index < -0.39 is 0 Å². The molecule has 2 aliphatic heterocycles. The molecule has 0 saturated carbocycles. The molecule has 0 radical (unpaired) electrons. The third-order valence-electron chi connectivity index (χ3n) is 6.44. The molecule has 0 atom stereocenters. The normalized spacial score (nSPS) is 17.4. The Morgan fingerprint density at radius 2 is 1.87 bits per heavy atom. The molecular weight excluding hydrogens is 393 g/mol. The summed E-state index contributed by atoms with van der Waals surface area (Å²) in [6.45, 7) is 7.61. The first-order valence-electron chi connectivity index (χ1n) is 10.8. The number of methoxy groups -OCH3 is 1. The van der Waals surface area contributed by atoms with E-state index in [9.17, 15) is 9.18 Å². The highest BCUT2D eigenvalue weighted by Crippen LogP contribution is 2.47. The van der Waals surface area contributed by atoms with Crippen molar-refractivity contribution in [3.8, 4) is 5.75 Å². The minimum Gasteiger partial charge on any atom is -0.497 e. The fourth-order valence-corrected chi connectivity index (χ4v) is 4.59. The van der Waals surface area contributed by atoms with Crippen LogP contribution in [0.15, 0.2) is 54.1 Å². The molecular formula is C25H30FN3O2. The predicted octanol–water partition coefficient (Wildman–Crippen LogP) is 5.19. The molecule has 2 aromatic carbocycles. The summed E-state index contributed by atoms with van der Waals surface area (Å²) in [6, 6.07) is 11.9. The number of benzene rings is 2. The predicted molar refractivity (Wildman–Crippen MR) is 123 cm³/mol. The van der Waals surface area contributed by atoms with E-state index in [1.165, 1.54) is 11.6 Å². The lowest BCUT2D eigenvalue weighted by molar-refractivity contribution is 0.180. The van der Waals surface area contributed by atoms with Crippen molar-refractivity contribution in [3.05, 3.63) is 65.5 Å². The zero-order chi connectivity index (χ0) is 22.0. The molecule has 2 amide bonds. The van der Waals surface area contributed by atoms with Crippen molar-refractivity contribution in [3.63, 3.8) is 0 Å². The first-order valence-corrected chi connectivity index (χ1v) is 10.8. The standard InChI is InChI=1S/C25H30FN3O2/c1-18(2)10-13-28-14-11-25(12-15-28)17-29(23-9-4-19(26)16-22(23)25)24(30)27-20-5-7-21(31-3)8-6-20/h4-10,16H,11-15,17H2,1-3H3,(H,27,30). The maximum absolute atomic E-state index is 14.2. The van der Waals surface area contributed by atoms with Crippen LogP contribution < -0.4 is 15.0 Å². The maximum atomic E-state index is 14.2. The van der Waals surface area contributed by atoms with Crippen LogP contribution in [-0.4, -0.2) is 44.2 Å². The number of fused-ring (bicyclic) bond motifs is 2. The second-order valence-corrected chi connectivity index (χ2v) is 8.77. The van der Waals surface area contributed by atoms with Crippen molar-refractivity contribution in [2.24, 2.45) is 0 Å². The number of piperidine rings is 1. The van der Waals surface area contributed by atoms with Gasteiger partial charge in [0.1, 0.15) is 11.6 Å².